The molecule has 0 atom stereocenters. The van der Waals surface area contributed by atoms with Gasteiger partial charge in [0, 0.05) is 5.38 Å². The van der Waals surface area contributed by atoms with Crippen LogP contribution in [0.3, 0.4) is 0 Å². The highest BCUT2D eigenvalue weighted by Crippen LogP contribution is 2.38. The van der Waals surface area contributed by atoms with Gasteiger partial charge in [0.15, 0.2) is 11.5 Å². The number of fused-ring (bicyclic) bond motifs is 1. The summed E-state index contributed by atoms with van der Waals surface area (Å²) < 4.78 is 11.4. The highest BCUT2D eigenvalue weighted by Gasteiger charge is 2.17. The van der Waals surface area contributed by atoms with Gasteiger partial charge in [0.25, 0.3) is 0 Å². The molecule has 136 valence electrons. The lowest BCUT2D eigenvalue weighted by Gasteiger charge is -2.19. The second kappa shape index (κ2) is 8.10. The summed E-state index contributed by atoms with van der Waals surface area (Å²) in [5, 5.41) is 8.70. The van der Waals surface area contributed by atoms with Crippen LogP contribution in [0.2, 0.25) is 0 Å². The Labute approximate surface area is 163 Å². The first-order valence-electron chi connectivity index (χ1n) is 8.78. The van der Waals surface area contributed by atoms with Crippen LogP contribution in [0.4, 0.5) is 5.69 Å². The van der Waals surface area contributed by atoms with Gasteiger partial charge in [-0.15, -0.1) is 11.3 Å². The van der Waals surface area contributed by atoms with E-state index < -0.39 is 0 Å². The quantitative estimate of drug-likeness (QED) is 0.438. The van der Waals surface area contributed by atoms with E-state index in [2.05, 4.69) is 43.0 Å². The van der Waals surface area contributed by atoms with Crippen LogP contribution in [0.25, 0.3) is 6.08 Å². The summed E-state index contributed by atoms with van der Waals surface area (Å²) in [5.41, 5.74) is 3.31. The van der Waals surface area contributed by atoms with E-state index in [4.69, 9.17) is 14.6 Å². The molecule has 0 spiro atoms. The summed E-state index contributed by atoms with van der Waals surface area (Å²) in [5.74, 6) is 1.59. The SMILES string of the molecule is C=Cc1ccc(CN(/N=C/c2scc3c2OCCO3)c2ccccc2)cc1. The van der Waals surface area contributed by atoms with Gasteiger partial charge in [0.2, 0.25) is 0 Å². The van der Waals surface area contributed by atoms with Gasteiger partial charge in [-0.3, -0.25) is 5.01 Å². The Morgan fingerprint density at radius 1 is 1.04 bits per heavy atom. The molecule has 0 saturated carbocycles. The van der Waals surface area contributed by atoms with Crippen LogP contribution in [-0.2, 0) is 6.54 Å². The fourth-order valence-corrected chi connectivity index (χ4v) is 3.61. The average molecular weight is 376 g/mol. The van der Waals surface area contributed by atoms with Crippen LogP contribution in [0.5, 0.6) is 11.5 Å². The van der Waals surface area contributed by atoms with E-state index in [-0.39, 0.29) is 0 Å². The number of hydrazone groups is 1. The van der Waals surface area contributed by atoms with Crippen molar-refractivity contribution in [2.45, 2.75) is 6.54 Å². The lowest BCUT2D eigenvalue weighted by Crippen LogP contribution is -2.17. The fourth-order valence-electron chi connectivity index (χ4n) is 2.82. The minimum atomic E-state index is 0.572. The largest absolute Gasteiger partial charge is 0.485 e. The molecule has 4 nitrogen and oxygen atoms in total. The zero-order valence-corrected chi connectivity index (χ0v) is 15.7. The van der Waals surface area contributed by atoms with Crippen molar-refractivity contribution >= 4 is 29.3 Å². The molecule has 0 unspecified atom stereocenters. The van der Waals surface area contributed by atoms with E-state index in [9.17, 15) is 0 Å². The van der Waals surface area contributed by atoms with Crippen molar-refractivity contribution in [1.82, 2.24) is 0 Å². The Morgan fingerprint density at radius 2 is 1.81 bits per heavy atom. The maximum Gasteiger partial charge on any atom is 0.180 e. The third-order valence-electron chi connectivity index (χ3n) is 4.24. The second-order valence-corrected chi connectivity index (χ2v) is 6.98. The highest BCUT2D eigenvalue weighted by atomic mass is 32.1. The monoisotopic (exact) mass is 376 g/mol. The predicted octanol–water partition coefficient (Wildman–Crippen LogP) is 5.20. The maximum atomic E-state index is 5.74. The van der Waals surface area contributed by atoms with Gasteiger partial charge in [-0.05, 0) is 23.3 Å². The van der Waals surface area contributed by atoms with Crippen molar-refractivity contribution in [2.75, 3.05) is 18.2 Å². The second-order valence-electron chi connectivity index (χ2n) is 6.07. The van der Waals surface area contributed by atoms with Crippen LogP contribution in [0.15, 0.2) is 71.7 Å². The first-order chi connectivity index (χ1) is 13.3. The molecule has 0 radical (unpaired) electrons. The number of nitrogens with zero attached hydrogens (tertiary/aromatic N) is 2. The van der Waals surface area contributed by atoms with E-state index in [0.29, 0.717) is 19.8 Å². The van der Waals surface area contributed by atoms with Crippen LogP contribution >= 0.6 is 11.3 Å². The molecular weight excluding hydrogens is 356 g/mol. The molecule has 1 aliphatic heterocycles. The summed E-state index contributed by atoms with van der Waals surface area (Å²) in [7, 11) is 0. The van der Waals surface area contributed by atoms with E-state index in [1.54, 1.807) is 11.3 Å². The summed E-state index contributed by atoms with van der Waals surface area (Å²) in [6.45, 7) is 5.64. The predicted molar refractivity (Wildman–Crippen MR) is 112 cm³/mol. The Morgan fingerprint density at radius 3 is 2.59 bits per heavy atom. The molecule has 0 aliphatic carbocycles. The summed E-state index contributed by atoms with van der Waals surface area (Å²) in [6, 6.07) is 18.5. The van der Waals surface area contributed by atoms with Gasteiger partial charge in [0.05, 0.1) is 23.3 Å². The number of para-hydroxylation sites is 1. The summed E-state index contributed by atoms with van der Waals surface area (Å²) in [4.78, 5) is 0.965. The van der Waals surface area contributed by atoms with Crippen molar-refractivity contribution < 1.29 is 9.47 Å². The van der Waals surface area contributed by atoms with Gasteiger partial charge in [-0.25, -0.2) is 0 Å². The van der Waals surface area contributed by atoms with Crippen LogP contribution in [0, 0.1) is 0 Å². The Hall–Kier alpha value is -3.05. The smallest absolute Gasteiger partial charge is 0.180 e. The van der Waals surface area contributed by atoms with Crippen molar-refractivity contribution in [3.8, 4) is 11.5 Å². The molecule has 1 aromatic heterocycles. The van der Waals surface area contributed by atoms with Gasteiger partial charge >= 0.3 is 0 Å². The lowest BCUT2D eigenvalue weighted by atomic mass is 10.1. The molecule has 0 saturated heterocycles. The number of benzene rings is 2. The molecular formula is C22H20N2O2S. The molecule has 27 heavy (non-hydrogen) atoms. The van der Waals surface area contributed by atoms with Crippen molar-refractivity contribution in [2.24, 2.45) is 5.10 Å². The number of ether oxygens (including phenoxy) is 2. The van der Waals surface area contributed by atoms with Gasteiger partial charge in [0.1, 0.15) is 13.2 Å². The molecule has 0 fully saturated rings. The number of anilines is 1. The van der Waals surface area contributed by atoms with Crippen LogP contribution in [0.1, 0.15) is 16.0 Å². The van der Waals surface area contributed by atoms with Crippen LogP contribution < -0.4 is 14.5 Å². The summed E-state index contributed by atoms with van der Waals surface area (Å²) >= 11 is 1.58. The van der Waals surface area contributed by atoms with E-state index in [1.807, 2.05) is 40.9 Å². The number of rotatable bonds is 6. The minimum absolute atomic E-state index is 0.572. The van der Waals surface area contributed by atoms with E-state index >= 15 is 0 Å². The number of hydrogen-bond acceptors (Lipinski definition) is 5. The first-order valence-corrected chi connectivity index (χ1v) is 9.66. The van der Waals surface area contributed by atoms with Crippen molar-refractivity contribution in [3.63, 3.8) is 0 Å². The third-order valence-corrected chi connectivity index (χ3v) is 5.12. The average Bonchev–Trinajstić information content (AvgIpc) is 3.15. The number of hydrogen-bond donors (Lipinski definition) is 0. The Balaban J connectivity index is 1.60. The minimum Gasteiger partial charge on any atom is -0.485 e. The molecule has 1 aliphatic rings. The standard InChI is InChI=1S/C22H20N2O2S/c1-2-17-8-10-18(11-9-17)15-24(19-6-4-3-5-7-19)23-14-21-22-20(16-27-21)25-12-13-26-22/h2-11,14,16H,1,12-13,15H2/b23-14+. The van der Waals surface area contributed by atoms with Gasteiger partial charge in [-0.2, -0.15) is 5.10 Å². The normalized spacial score (nSPS) is 12.9. The molecule has 3 aromatic rings. The molecule has 0 N–H and O–H groups in total. The third kappa shape index (κ3) is 4.04. The van der Waals surface area contributed by atoms with Gasteiger partial charge in [-0.1, -0.05) is 55.1 Å². The fraction of sp³-hybridized carbons (Fsp3) is 0.136. The Kier molecular flexibility index (Phi) is 5.21. The van der Waals surface area contributed by atoms with Gasteiger partial charge < -0.3 is 9.47 Å². The zero-order valence-electron chi connectivity index (χ0n) is 14.9. The molecule has 2 aromatic carbocycles. The number of thiophene rings is 1. The molecule has 4 rings (SSSR count). The van der Waals surface area contributed by atoms with E-state index in [0.717, 1.165) is 27.6 Å². The first kappa shape index (κ1) is 17.4. The molecule has 0 amide bonds. The summed E-state index contributed by atoms with van der Waals surface area (Å²) in [6.07, 6.45) is 3.70. The zero-order chi connectivity index (χ0) is 18.5. The van der Waals surface area contributed by atoms with E-state index in [1.165, 1.54) is 5.56 Å². The van der Waals surface area contributed by atoms with Crippen molar-refractivity contribution in [3.05, 3.63) is 82.6 Å². The topological polar surface area (TPSA) is 34.1 Å². The molecule has 5 heteroatoms. The highest BCUT2D eigenvalue weighted by molar-refractivity contribution is 7.12. The lowest BCUT2D eigenvalue weighted by molar-refractivity contribution is 0.173. The van der Waals surface area contributed by atoms with Crippen molar-refractivity contribution in [1.29, 1.82) is 0 Å². The molecule has 0 bridgehead atoms. The van der Waals surface area contributed by atoms with Crippen LogP contribution in [-0.4, -0.2) is 19.4 Å². The maximum absolute atomic E-state index is 5.74. The molecule has 2 heterocycles. The Bertz CT molecular complexity index is 933.